The average molecular weight is 290 g/mol. The van der Waals surface area contributed by atoms with Gasteiger partial charge >= 0.3 is 0 Å². The summed E-state index contributed by atoms with van der Waals surface area (Å²) in [6.07, 6.45) is 0. The molecule has 0 aliphatic carbocycles. The number of hydrogen-bond acceptors (Lipinski definition) is 3. The maximum atomic E-state index is 13.5. The first-order chi connectivity index (χ1) is 8.06. The Labute approximate surface area is 110 Å². The van der Waals surface area contributed by atoms with Crippen LogP contribution in [0.1, 0.15) is 4.88 Å². The average Bonchev–Trinajstić information content (AvgIpc) is 2.63. The minimum Gasteiger partial charge on any atom is -0.399 e. The van der Waals surface area contributed by atoms with Crippen molar-refractivity contribution in [1.82, 2.24) is 0 Å². The van der Waals surface area contributed by atoms with Gasteiger partial charge in [-0.15, -0.1) is 11.3 Å². The highest BCUT2D eigenvalue weighted by atomic mass is 35.5. The molecule has 0 aliphatic heterocycles. The fourth-order valence-electron chi connectivity index (χ4n) is 1.34. The molecule has 1 unspecified atom stereocenters. The van der Waals surface area contributed by atoms with Crippen LogP contribution in [0.2, 0.25) is 4.34 Å². The van der Waals surface area contributed by atoms with Gasteiger partial charge in [-0.25, -0.2) is 4.39 Å². The van der Waals surface area contributed by atoms with Crippen LogP contribution in [-0.2, 0) is 16.6 Å². The lowest BCUT2D eigenvalue weighted by Gasteiger charge is -2.03. The molecular formula is C11H9ClFNOS2. The molecule has 2 N–H and O–H groups in total. The fraction of sp³-hybridized carbons (Fsp3) is 0.0909. The first-order valence-corrected chi connectivity index (χ1v) is 7.25. The summed E-state index contributed by atoms with van der Waals surface area (Å²) in [7, 11) is -1.42. The van der Waals surface area contributed by atoms with E-state index < -0.39 is 16.6 Å². The van der Waals surface area contributed by atoms with E-state index in [1.54, 1.807) is 12.1 Å². The quantitative estimate of drug-likeness (QED) is 0.880. The summed E-state index contributed by atoms with van der Waals surface area (Å²) in [4.78, 5) is 1.04. The van der Waals surface area contributed by atoms with Gasteiger partial charge in [0.15, 0.2) is 0 Å². The Morgan fingerprint density at radius 2 is 2.12 bits per heavy atom. The molecule has 90 valence electrons. The highest BCUT2D eigenvalue weighted by Crippen LogP contribution is 2.25. The number of rotatable bonds is 3. The van der Waals surface area contributed by atoms with Crippen molar-refractivity contribution in [2.45, 2.75) is 10.6 Å². The Bertz CT molecular complexity index is 570. The summed E-state index contributed by atoms with van der Waals surface area (Å²) in [6.45, 7) is 0. The summed E-state index contributed by atoms with van der Waals surface area (Å²) in [5.41, 5.74) is 5.75. The van der Waals surface area contributed by atoms with E-state index in [-0.39, 0.29) is 10.6 Å². The zero-order valence-electron chi connectivity index (χ0n) is 8.65. The first-order valence-electron chi connectivity index (χ1n) is 4.74. The molecule has 0 fully saturated rings. The molecule has 0 radical (unpaired) electrons. The van der Waals surface area contributed by atoms with Gasteiger partial charge in [0.25, 0.3) is 0 Å². The summed E-state index contributed by atoms with van der Waals surface area (Å²) >= 11 is 7.12. The molecule has 6 heteroatoms. The molecule has 0 bridgehead atoms. The van der Waals surface area contributed by atoms with Gasteiger partial charge in [-0.3, -0.25) is 4.21 Å². The summed E-state index contributed by atoms with van der Waals surface area (Å²) in [5.74, 6) is -0.274. The lowest BCUT2D eigenvalue weighted by molar-refractivity contribution is 0.596. The molecule has 2 aromatic rings. The Balaban J connectivity index is 2.20. The van der Waals surface area contributed by atoms with Crippen LogP contribution in [0.25, 0.3) is 0 Å². The highest BCUT2D eigenvalue weighted by molar-refractivity contribution is 7.84. The molecule has 0 spiro atoms. The summed E-state index contributed by atoms with van der Waals surface area (Å²) in [5, 5.41) is 0. The Kier molecular flexibility index (Phi) is 3.81. The summed E-state index contributed by atoms with van der Waals surface area (Å²) in [6, 6.07) is 7.69. The van der Waals surface area contributed by atoms with Gasteiger partial charge in [0, 0.05) is 10.6 Å². The second-order valence-electron chi connectivity index (χ2n) is 3.39. The molecule has 1 aromatic heterocycles. The molecular weight excluding hydrogens is 281 g/mol. The lowest BCUT2D eigenvalue weighted by atomic mass is 10.3. The van der Waals surface area contributed by atoms with E-state index in [0.29, 0.717) is 10.0 Å². The molecule has 2 nitrogen and oxygen atoms in total. The number of benzene rings is 1. The van der Waals surface area contributed by atoms with Crippen LogP contribution in [-0.4, -0.2) is 4.21 Å². The van der Waals surface area contributed by atoms with E-state index in [9.17, 15) is 8.60 Å². The van der Waals surface area contributed by atoms with E-state index in [4.69, 9.17) is 17.3 Å². The normalized spacial score (nSPS) is 12.6. The Morgan fingerprint density at radius 3 is 2.71 bits per heavy atom. The van der Waals surface area contributed by atoms with Crippen molar-refractivity contribution in [2.24, 2.45) is 0 Å². The van der Waals surface area contributed by atoms with E-state index in [0.717, 1.165) is 4.88 Å². The third-order valence-electron chi connectivity index (χ3n) is 2.10. The maximum absolute atomic E-state index is 13.5. The molecule has 1 atom stereocenters. The number of halogens is 2. The topological polar surface area (TPSA) is 43.1 Å². The van der Waals surface area contributed by atoms with Gasteiger partial charge in [-0.05, 0) is 30.3 Å². The van der Waals surface area contributed by atoms with Gasteiger partial charge in [0.05, 0.1) is 25.8 Å². The van der Waals surface area contributed by atoms with Crippen LogP contribution in [0.4, 0.5) is 10.1 Å². The number of nitrogens with two attached hydrogens (primary N) is 1. The second kappa shape index (κ2) is 5.16. The molecule has 2 rings (SSSR count). The molecule has 1 heterocycles. The van der Waals surface area contributed by atoms with E-state index in [2.05, 4.69) is 0 Å². The minimum atomic E-state index is -1.42. The Hall–Kier alpha value is -0.910. The fourth-order valence-corrected chi connectivity index (χ4v) is 3.78. The number of nitrogen functional groups attached to an aromatic ring is 1. The zero-order valence-corrected chi connectivity index (χ0v) is 11.0. The highest BCUT2D eigenvalue weighted by Gasteiger charge is 2.12. The van der Waals surface area contributed by atoms with Gasteiger partial charge < -0.3 is 5.73 Å². The van der Waals surface area contributed by atoms with Crippen LogP contribution >= 0.6 is 22.9 Å². The number of anilines is 1. The molecule has 0 saturated heterocycles. The number of thiophene rings is 1. The van der Waals surface area contributed by atoms with Crippen molar-refractivity contribution in [3.63, 3.8) is 0 Å². The SMILES string of the molecule is Nc1ccc(S(=O)Cc2ccc(Cl)s2)c(F)c1. The molecule has 0 amide bonds. The van der Waals surface area contributed by atoms with E-state index in [1.807, 2.05) is 0 Å². The van der Waals surface area contributed by atoms with E-state index >= 15 is 0 Å². The van der Waals surface area contributed by atoms with Gasteiger partial charge in [-0.2, -0.15) is 0 Å². The minimum absolute atomic E-state index is 0.170. The van der Waals surface area contributed by atoms with Crippen molar-refractivity contribution in [3.05, 3.63) is 45.4 Å². The monoisotopic (exact) mass is 289 g/mol. The predicted molar refractivity (Wildman–Crippen MR) is 70.3 cm³/mol. The molecule has 0 saturated carbocycles. The predicted octanol–water partition coefficient (Wildman–Crippen LogP) is 3.43. The second-order valence-corrected chi connectivity index (χ2v) is 6.60. The first kappa shape index (κ1) is 12.5. The standard InChI is InChI=1S/C11H9ClFNOS2/c12-11-4-2-8(16-11)6-17(15)10-3-1-7(14)5-9(10)13/h1-5H,6,14H2. The molecule has 17 heavy (non-hydrogen) atoms. The van der Waals surface area contributed by atoms with Crippen LogP contribution in [0.15, 0.2) is 35.2 Å². The summed E-state index contributed by atoms with van der Waals surface area (Å²) < 4.78 is 26.1. The van der Waals surface area contributed by atoms with Crippen LogP contribution in [0.5, 0.6) is 0 Å². The Morgan fingerprint density at radius 1 is 1.35 bits per heavy atom. The maximum Gasteiger partial charge on any atom is 0.141 e. The molecule has 0 aliphatic rings. The van der Waals surface area contributed by atoms with Gasteiger partial charge in [0.1, 0.15) is 5.82 Å². The molecule has 1 aromatic carbocycles. The largest absolute Gasteiger partial charge is 0.399 e. The van der Waals surface area contributed by atoms with Crippen LogP contribution in [0, 0.1) is 5.82 Å². The lowest BCUT2D eigenvalue weighted by Crippen LogP contribution is -1.99. The number of hydrogen-bond donors (Lipinski definition) is 1. The third-order valence-corrected chi connectivity index (χ3v) is 4.91. The van der Waals surface area contributed by atoms with Gasteiger partial charge in [0.2, 0.25) is 0 Å². The van der Waals surface area contributed by atoms with Crippen molar-refractivity contribution in [3.8, 4) is 0 Å². The van der Waals surface area contributed by atoms with E-state index in [1.165, 1.54) is 29.5 Å². The van der Waals surface area contributed by atoms with Crippen molar-refractivity contribution in [2.75, 3.05) is 5.73 Å². The van der Waals surface area contributed by atoms with Crippen molar-refractivity contribution in [1.29, 1.82) is 0 Å². The van der Waals surface area contributed by atoms with Crippen molar-refractivity contribution < 1.29 is 8.60 Å². The van der Waals surface area contributed by atoms with Gasteiger partial charge in [-0.1, -0.05) is 11.6 Å². The smallest absolute Gasteiger partial charge is 0.141 e. The van der Waals surface area contributed by atoms with Crippen molar-refractivity contribution >= 4 is 39.4 Å². The van der Waals surface area contributed by atoms with Crippen LogP contribution in [0.3, 0.4) is 0 Å². The van der Waals surface area contributed by atoms with Crippen LogP contribution < -0.4 is 5.73 Å². The zero-order chi connectivity index (χ0) is 12.4. The third kappa shape index (κ3) is 3.06.